The molecule has 0 aromatic carbocycles. The van der Waals surface area contributed by atoms with Crippen LogP contribution in [0.2, 0.25) is 5.15 Å². The van der Waals surface area contributed by atoms with E-state index in [4.69, 9.17) is 11.6 Å². The van der Waals surface area contributed by atoms with Crippen LogP contribution in [0, 0.1) is 13.8 Å². The third kappa shape index (κ3) is 1.19. The Morgan fingerprint density at radius 2 is 2.00 bits per heavy atom. The molecule has 1 rings (SSSR count). The van der Waals surface area contributed by atoms with Crippen molar-refractivity contribution in [1.82, 2.24) is 9.97 Å². The van der Waals surface area contributed by atoms with Gasteiger partial charge in [0.1, 0.15) is 11.5 Å². The molecule has 0 N–H and O–H groups in total. The fraction of sp³-hybridized carbons (Fsp3) is 0.333. The van der Waals surface area contributed by atoms with Gasteiger partial charge in [-0.15, -0.1) is 0 Å². The van der Waals surface area contributed by atoms with Gasteiger partial charge in [0.15, 0.2) is 0 Å². The monoisotopic (exact) mass is 142 g/mol. The molecule has 0 saturated carbocycles. The van der Waals surface area contributed by atoms with Crippen LogP contribution in [-0.2, 0) is 0 Å². The molecule has 0 aliphatic heterocycles. The van der Waals surface area contributed by atoms with E-state index in [2.05, 4.69) is 9.97 Å². The van der Waals surface area contributed by atoms with Gasteiger partial charge < -0.3 is 0 Å². The Kier molecular flexibility index (Phi) is 1.67. The average Bonchev–Trinajstić information content (AvgIpc) is 1.83. The molecule has 0 saturated heterocycles. The van der Waals surface area contributed by atoms with Crippen LogP contribution >= 0.6 is 11.6 Å². The summed E-state index contributed by atoms with van der Waals surface area (Å²) in [5.41, 5.74) is 1.90. The molecule has 48 valence electrons. The molecule has 0 unspecified atom stereocenters. The summed E-state index contributed by atoms with van der Waals surface area (Å²) in [5, 5.41) is 0.544. The SMILES string of the molecule is Cc1ncnc(Cl)c1C. The lowest BCUT2D eigenvalue weighted by atomic mass is 10.3. The standard InChI is InChI=1S/C6H7ClN2/c1-4-5(2)8-3-9-6(4)7/h3H,1-2H3. The topological polar surface area (TPSA) is 25.8 Å². The third-order valence-electron chi connectivity index (χ3n) is 1.27. The second kappa shape index (κ2) is 2.31. The van der Waals surface area contributed by atoms with E-state index >= 15 is 0 Å². The van der Waals surface area contributed by atoms with E-state index in [0.29, 0.717) is 5.15 Å². The second-order valence-electron chi connectivity index (χ2n) is 1.87. The summed E-state index contributed by atoms with van der Waals surface area (Å²) >= 11 is 5.66. The van der Waals surface area contributed by atoms with Crippen LogP contribution in [0.1, 0.15) is 11.3 Å². The molecule has 0 spiro atoms. The summed E-state index contributed by atoms with van der Waals surface area (Å²) in [6.07, 6.45) is 1.46. The normalized spacial score (nSPS) is 9.67. The van der Waals surface area contributed by atoms with E-state index in [1.54, 1.807) is 0 Å². The number of rotatable bonds is 0. The molecule has 9 heavy (non-hydrogen) atoms. The maximum absolute atomic E-state index is 5.66. The van der Waals surface area contributed by atoms with Crippen molar-refractivity contribution < 1.29 is 0 Å². The van der Waals surface area contributed by atoms with Gasteiger partial charge in [-0.25, -0.2) is 9.97 Å². The minimum atomic E-state index is 0.544. The van der Waals surface area contributed by atoms with E-state index < -0.39 is 0 Å². The lowest BCUT2D eigenvalue weighted by Gasteiger charge is -1.96. The van der Waals surface area contributed by atoms with E-state index in [9.17, 15) is 0 Å². The first kappa shape index (κ1) is 6.49. The first-order valence-electron chi connectivity index (χ1n) is 2.65. The Morgan fingerprint density at radius 1 is 1.33 bits per heavy atom. The largest absolute Gasteiger partial charge is 0.241 e. The van der Waals surface area contributed by atoms with Crippen LogP contribution in [-0.4, -0.2) is 9.97 Å². The zero-order valence-electron chi connectivity index (χ0n) is 5.35. The van der Waals surface area contributed by atoms with Gasteiger partial charge in [-0.2, -0.15) is 0 Å². The molecule has 0 bridgehead atoms. The minimum Gasteiger partial charge on any atom is -0.241 e. The van der Waals surface area contributed by atoms with Crippen molar-refractivity contribution in [3.05, 3.63) is 22.7 Å². The second-order valence-corrected chi connectivity index (χ2v) is 2.23. The molecule has 1 aromatic rings. The molecular formula is C6H7ClN2. The molecule has 3 heteroatoms. The molecule has 1 heterocycles. The van der Waals surface area contributed by atoms with E-state index in [0.717, 1.165) is 11.3 Å². The van der Waals surface area contributed by atoms with Crippen LogP contribution in [0.5, 0.6) is 0 Å². The Morgan fingerprint density at radius 3 is 2.44 bits per heavy atom. The molecule has 2 nitrogen and oxygen atoms in total. The molecule has 0 atom stereocenters. The van der Waals surface area contributed by atoms with Gasteiger partial charge in [0.05, 0.1) is 0 Å². The molecule has 0 aliphatic rings. The Labute approximate surface area is 58.9 Å². The summed E-state index contributed by atoms with van der Waals surface area (Å²) in [4.78, 5) is 7.74. The van der Waals surface area contributed by atoms with Crippen LogP contribution in [0.3, 0.4) is 0 Å². The lowest BCUT2D eigenvalue weighted by Crippen LogP contribution is -1.88. The number of aromatic nitrogens is 2. The Bertz CT molecular complexity index is 202. The summed E-state index contributed by atoms with van der Waals surface area (Å²) in [6.45, 7) is 3.81. The molecule has 0 amide bonds. The van der Waals surface area contributed by atoms with Gasteiger partial charge >= 0.3 is 0 Å². The quantitative estimate of drug-likeness (QED) is 0.516. The fourth-order valence-electron chi connectivity index (χ4n) is 0.509. The average molecular weight is 143 g/mol. The molecule has 0 fully saturated rings. The number of nitrogens with zero attached hydrogens (tertiary/aromatic N) is 2. The van der Waals surface area contributed by atoms with Crippen molar-refractivity contribution >= 4 is 11.6 Å². The van der Waals surface area contributed by atoms with Crippen molar-refractivity contribution in [3.63, 3.8) is 0 Å². The zero-order chi connectivity index (χ0) is 6.85. The van der Waals surface area contributed by atoms with Crippen LogP contribution < -0.4 is 0 Å². The van der Waals surface area contributed by atoms with Gasteiger partial charge in [-0.05, 0) is 13.8 Å². The fourth-order valence-corrected chi connectivity index (χ4v) is 0.689. The van der Waals surface area contributed by atoms with Crippen molar-refractivity contribution in [2.24, 2.45) is 0 Å². The Hall–Kier alpha value is -0.630. The number of halogens is 1. The first-order valence-corrected chi connectivity index (χ1v) is 3.03. The predicted octanol–water partition coefficient (Wildman–Crippen LogP) is 1.75. The predicted molar refractivity (Wildman–Crippen MR) is 36.5 cm³/mol. The highest BCUT2D eigenvalue weighted by molar-refractivity contribution is 6.30. The van der Waals surface area contributed by atoms with Crippen molar-refractivity contribution in [1.29, 1.82) is 0 Å². The zero-order valence-corrected chi connectivity index (χ0v) is 6.11. The van der Waals surface area contributed by atoms with Crippen LogP contribution in [0.4, 0.5) is 0 Å². The maximum atomic E-state index is 5.66. The molecule has 0 aliphatic carbocycles. The summed E-state index contributed by atoms with van der Waals surface area (Å²) < 4.78 is 0. The lowest BCUT2D eigenvalue weighted by molar-refractivity contribution is 1.06. The highest BCUT2D eigenvalue weighted by Gasteiger charge is 1.97. The summed E-state index contributed by atoms with van der Waals surface area (Å²) in [5.74, 6) is 0. The number of aryl methyl sites for hydroxylation is 1. The van der Waals surface area contributed by atoms with Gasteiger partial charge in [-0.1, -0.05) is 11.6 Å². The smallest absolute Gasteiger partial charge is 0.135 e. The molecular weight excluding hydrogens is 136 g/mol. The van der Waals surface area contributed by atoms with E-state index in [1.165, 1.54) is 6.33 Å². The van der Waals surface area contributed by atoms with E-state index in [-0.39, 0.29) is 0 Å². The van der Waals surface area contributed by atoms with Crippen molar-refractivity contribution in [2.75, 3.05) is 0 Å². The number of hydrogen-bond donors (Lipinski definition) is 0. The highest BCUT2D eigenvalue weighted by Crippen LogP contribution is 2.11. The minimum absolute atomic E-state index is 0.544. The van der Waals surface area contributed by atoms with Crippen LogP contribution in [0.15, 0.2) is 6.33 Å². The molecule has 0 radical (unpaired) electrons. The Balaban J connectivity index is 3.25. The number of hydrogen-bond acceptors (Lipinski definition) is 2. The van der Waals surface area contributed by atoms with Crippen molar-refractivity contribution in [2.45, 2.75) is 13.8 Å². The molecule has 1 aromatic heterocycles. The van der Waals surface area contributed by atoms with Gasteiger partial charge in [0, 0.05) is 11.3 Å². The van der Waals surface area contributed by atoms with Gasteiger partial charge in [-0.3, -0.25) is 0 Å². The van der Waals surface area contributed by atoms with Crippen molar-refractivity contribution in [3.8, 4) is 0 Å². The van der Waals surface area contributed by atoms with Gasteiger partial charge in [0.2, 0.25) is 0 Å². The summed E-state index contributed by atoms with van der Waals surface area (Å²) in [6, 6.07) is 0. The third-order valence-corrected chi connectivity index (χ3v) is 1.66. The van der Waals surface area contributed by atoms with E-state index in [1.807, 2.05) is 13.8 Å². The van der Waals surface area contributed by atoms with Crippen LogP contribution in [0.25, 0.3) is 0 Å². The maximum Gasteiger partial charge on any atom is 0.135 e. The first-order chi connectivity index (χ1) is 4.22. The van der Waals surface area contributed by atoms with Gasteiger partial charge in [0.25, 0.3) is 0 Å². The summed E-state index contributed by atoms with van der Waals surface area (Å²) in [7, 11) is 0. The highest BCUT2D eigenvalue weighted by atomic mass is 35.5.